The van der Waals surface area contributed by atoms with Gasteiger partial charge in [0.1, 0.15) is 5.82 Å². The van der Waals surface area contributed by atoms with Gasteiger partial charge in [-0.3, -0.25) is 4.79 Å². The number of rotatable bonds is 7. The first-order chi connectivity index (χ1) is 13.7. The van der Waals surface area contributed by atoms with Crippen LogP contribution in [0.3, 0.4) is 0 Å². The van der Waals surface area contributed by atoms with E-state index in [0.29, 0.717) is 5.56 Å². The van der Waals surface area contributed by atoms with Gasteiger partial charge in [0.15, 0.2) is 0 Å². The SMILES string of the molecule is CC(NC(=O)CSc1nnc(-c2ccc(F)cc2)o1)c1ccc(S(N)(=O)=O)cc1. The lowest BCUT2D eigenvalue weighted by Gasteiger charge is -2.14. The van der Waals surface area contributed by atoms with Crippen LogP contribution in [-0.2, 0) is 14.8 Å². The number of primary sulfonamides is 1. The number of nitrogens with zero attached hydrogens (tertiary/aromatic N) is 2. The largest absolute Gasteiger partial charge is 0.411 e. The van der Waals surface area contributed by atoms with Crippen molar-refractivity contribution in [2.24, 2.45) is 5.14 Å². The highest BCUT2D eigenvalue weighted by molar-refractivity contribution is 7.99. The van der Waals surface area contributed by atoms with Crippen molar-refractivity contribution >= 4 is 27.7 Å². The van der Waals surface area contributed by atoms with Crippen LogP contribution in [-0.4, -0.2) is 30.3 Å². The lowest BCUT2D eigenvalue weighted by atomic mass is 10.1. The first kappa shape index (κ1) is 21.0. The standard InChI is InChI=1S/C18H17FN4O4S2/c1-11(12-4-8-15(9-5-12)29(20,25)26)21-16(24)10-28-18-23-22-17(27-18)13-2-6-14(19)7-3-13/h2-9,11H,10H2,1H3,(H,21,24)(H2,20,25,26). The lowest BCUT2D eigenvalue weighted by Crippen LogP contribution is -2.28. The molecule has 0 fully saturated rings. The molecule has 0 aliphatic heterocycles. The number of hydrogen-bond acceptors (Lipinski definition) is 7. The highest BCUT2D eigenvalue weighted by Gasteiger charge is 2.14. The van der Waals surface area contributed by atoms with E-state index < -0.39 is 10.0 Å². The number of hydrogen-bond donors (Lipinski definition) is 2. The zero-order chi connectivity index (χ0) is 21.0. The molecular weight excluding hydrogens is 419 g/mol. The molecule has 0 bridgehead atoms. The van der Waals surface area contributed by atoms with Crippen molar-refractivity contribution in [1.82, 2.24) is 15.5 Å². The fourth-order valence-electron chi connectivity index (χ4n) is 2.42. The molecule has 1 amide bonds. The highest BCUT2D eigenvalue weighted by Crippen LogP contribution is 2.23. The topological polar surface area (TPSA) is 128 Å². The third kappa shape index (κ3) is 5.62. The summed E-state index contributed by atoms with van der Waals surface area (Å²) in [6.07, 6.45) is 0. The highest BCUT2D eigenvalue weighted by atomic mass is 32.2. The van der Waals surface area contributed by atoms with E-state index in [9.17, 15) is 17.6 Å². The monoisotopic (exact) mass is 436 g/mol. The van der Waals surface area contributed by atoms with Gasteiger partial charge in [-0.05, 0) is 48.9 Å². The van der Waals surface area contributed by atoms with E-state index >= 15 is 0 Å². The Balaban J connectivity index is 1.54. The predicted octanol–water partition coefficient (Wildman–Crippen LogP) is 2.49. The van der Waals surface area contributed by atoms with Gasteiger partial charge in [-0.25, -0.2) is 17.9 Å². The molecule has 1 atom stereocenters. The normalized spacial score (nSPS) is 12.5. The molecule has 152 valence electrons. The summed E-state index contributed by atoms with van der Waals surface area (Å²) < 4.78 is 41.0. The molecule has 11 heteroatoms. The zero-order valence-electron chi connectivity index (χ0n) is 15.2. The lowest BCUT2D eigenvalue weighted by molar-refractivity contribution is -0.119. The van der Waals surface area contributed by atoms with Crippen LogP contribution < -0.4 is 10.5 Å². The van der Waals surface area contributed by atoms with Crippen molar-refractivity contribution in [2.45, 2.75) is 23.1 Å². The quantitative estimate of drug-likeness (QED) is 0.545. The van der Waals surface area contributed by atoms with Gasteiger partial charge in [0, 0.05) is 5.56 Å². The minimum atomic E-state index is -3.76. The summed E-state index contributed by atoms with van der Waals surface area (Å²) in [7, 11) is -3.76. The number of nitrogens with two attached hydrogens (primary N) is 1. The average Bonchev–Trinajstić information content (AvgIpc) is 3.15. The summed E-state index contributed by atoms with van der Waals surface area (Å²) in [4.78, 5) is 12.2. The number of aromatic nitrogens is 2. The third-order valence-corrected chi connectivity index (χ3v) is 5.66. The number of amides is 1. The second-order valence-electron chi connectivity index (χ2n) is 6.07. The molecule has 1 aromatic heterocycles. The molecule has 3 rings (SSSR count). The molecule has 0 spiro atoms. The molecule has 0 radical (unpaired) electrons. The molecule has 3 N–H and O–H groups in total. The number of carbonyl (C=O) groups excluding carboxylic acids is 1. The Hall–Kier alpha value is -2.76. The maximum Gasteiger partial charge on any atom is 0.277 e. The molecule has 1 heterocycles. The van der Waals surface area contributed by atoms with Crippen molar-refractivity contribution in [3.8, 4) is 11.5 Å². The molecule has 0 saturated heterocycles. The number of halogens is 1. The van der Waals surface area contributed by atoms with Gasteiger partial charge in [-0.2, -0.15) is 0 Å². The van der Waals surface area contributed by atoms with E-state index in [1.807, 2.05) is 0 Å². The zero-order valence-corrected chi connectivity index (χ0v) is 16.8. The number of sulfonamides is 1. The van der Waals surface area contributed by atoms with E-state index in [4.69, 9.17) is 9.56 Å². The summed E-state index contributed by atoms with van der Waals surface area (Å²) in [5.41, 5.74) is 1.30. The van der Waals surface area contributed by atoms with Crippen LogP contribution in [0.2, 0.25) is 0 Å². The molecule has 3 aromatic rings. The van der Waals surface area contributed by atoms with Crippen LogP contribution in [0.1, 0.15) is 18.5 Å². The molecule has 0 saturated carbocycles. The first-order valence-electron chi connectivity index (χ1n) is 8.37. The second kappa shape index (κ2) is 8.72. The summed E-state index contributed by atoms with van der Waals surface area (Å²) in [6.45, 7) is 1.77. The molecular formula is C18H17FN4O4S2. The van der Waals surface area contributed by atoms with Crippen LogP contribution in [0, 0.1) is 5.82 Å². The first-order valence-corrected chi connectivity index (χ1v) is 10.9. The van der Waals surface area contributed by atoms with Crippen molar-refractivity contribution in [3.63, 3.8) is 0 Å². The number of nitrogens with one attached hydrogen (secondary N) is 1. The van der Waals surface area contributed by atoms with Gasteiger partial charge in [0.05, 0.1) is 16.7 Å². The number of benzene rings is 2. The minimum absolute atomic E-state index is 0.00341. The Bertz CT molecular complexity index is 1100. The van der Waals surface area contributed by atoms with Gasteiger partial charge in [-0.15, -0.1) is 10.2 Å². The summed E-state index contributed by atoms with van der Waals surface area (Å²) >= 11 is 1.07. The van der Waals surface area contributed by atoms with E-state index in [1.54, 1.807) is 19.1 Å². The minimum Gasteiger partial charge on any atom is -0.411 e. The van der Waals surface area contributed by atoms with Gasteiger partial charge >= 0.3 is 0 Å². The summed E-state index contributed by atoms with van der Waals surface area (Å²) in [6, 6.07) is 11.2. The molecule has 1 unspecified atom stereocenters. The van der Waals surface area contributed by atoms with E-state index in [0.717, 1.165) is 17.3 Å². The van der Waals surface area contributed by atoms with Gasteiger partial charge < -0.3 is 9.73 Å². The van der Waals surface area contributed by atoms with Crippen LogP contribution in [0.5, 0.6) is 0 Å². The number of carbonyl (C=O) groups is 1. The van der Waals surface area contributed by atoms with Crippen LogP contribution in [0.25, 0.3) is 11.5 Å². The second-order valence-corrected chi connectivity index (χ2v) is 8.56. The average molecular weight is 436 g/mol. The molecule has 29 heavy (non-hydrogen) atoms. The molecule has 0 aliphatic rings. The van der Waals surface area contributed by atoms with Crippen molar-refractivity contribution in [2.75, 3.05) is 5.75 Å². The van der Waals surface area contributed by atoms with Crippen molar-refractivity contribution in [1.29, 1.82) is 0 Å². The Morgan fingerprint density at radius 2 is 1.83 bits per heavy atom. The fraction of sp³-hybridized carbons (Fsp3) is 0.167. The Kier molecular flexibility index (Phi) is 6.30. The molecule has 2 aromatic carbocycles. The smallest absolute Gasteiger partial charge is 0.277 e. The Morgan fingerprint density at radius 3 is 2.45 bits per heavy atom. The Labute approximate surface area is 170 Å². The van der Waals surface area contributed by atoms with E-state index in [-0.39, 0.29) is 39.5 Å². The van der Waals surface area contributed by atoms with Crippen LogP contribution in [0.15, 0.2) is 63.1 Å². The maximum absolute atomic E-state index is 13.0. The molecule has 8 nitrogen and oxygen atoms in total. The summed E-state index contributed by atoms with van der Waals surface area (Å²) in [5.74, 6) is -0.353. The van der Waals surface area contributed by atoms with Gasteiger partial charge in [0.2, 0.25) is 21.8 Å². The van der Waals surface area contributed by atoms with Crippen molar-refractivity contribution < 1.29 is 22.0 Å². The van der Waals surface area contributed by atoms with Crippen LogP contribution in [0.4, 0.5) is 4.39 Å². The maximum atomic E-state index is 13.0. The third-order valence-electron chi connectivity index (χ3n) is 3.91. The predicted molar refractivity (Wildman–Crippen MR) is 105 cm³/mol. The molecule has 0 aliphatic carbocycles. The van der Waals surface area contributed by atoms with Crippen LogP contribution >= 0.6 is 11.8 Å². The van der Waals surface area contributed by atoms with Crippen molar-refractivity contribution in [3.05, 3.63) is 59.9 Å². The fourth-order valence-corrected chi connectivity index (χ4v) is 3.51. The van der Waals surface area contributed by atoms with Gasteiger partial charge in [-0.1, -0.05) is 23.9 Å². The van der Waals surface area contributed by atoms with Gasteiger partial charge in [0.25, 0.3) is 5.22 Å². The number of thioether (sulfide) groups is 1. The summed E-state index contributed by atoms with van der Waals surface area (Å²) in [5, 5.41) is 15.8. The van der Waals surface area contributed by atoms with E-state index in [1.165, 1.54) is 36.4 Å². The Morgan fingerprint density at radius 1 is 1.17 bits per heavy atom. The van der Waals surface area contributed by atoms with E-state index in [2.05, 4.69) is 15.5 Å².